The summed E-state index contributed by atoms with van der Waals surface area (Å²) in [6, 6.07) is 0. The summed E-state index contributed by atoms with van der Waals surface area (Å²) in [7, 11) is 3.52. The lowest BCUT2D eigenvalue weighted by Gasteiger charge is -2.33. The molecule has 1 rings (SSSR count). The maximum Gasteiger partial charge on any atom is 0.233 e. The van der Waals surface area contributed by atoms with Crippen LogP contribution in [0.25, 0.3) is 0 Å². The SMILES string of the molecule is C=C(Cl)/C=C(NNC)\C(C)=C(/CC)C1CCN(CC(=O)NC)CC1. The number of hydrazine groups is 1. The topological polar surface area (TPSA) is 56.4 Å². The van der Waals surface area contributed by atoms with E-state index in [0.717, 1.165) is 38.0 Å². The molecule has 0 unspecified atom stereocenters. The van der Waals surface area contributed by atoms with Gasteiger partial charge in [0, 0.05) is 19.1 Å². The monoisotopic (exact) mass is 354 g/mol. The number of piperidine rings is 1. The second kappa shape index (κ2) is 10.5. The van der Waals surface area contributed by atoms with Crippen LogP contribution in [-0.4, -0.2) is 44.5 Å². The Labute approximate surface area is 151 Å². The predicted molar refractivity (Wildman–Crippen MR) is 101 cm³/mol. The van der Waals surface area contributed by atoms with Crippen LogP contribution in [0.5, 0.6) is 0 Å². The molecule has 136 valence electrons. The molecule has 1 heterocycles. The second-order valence-corrected chi connectivity index (χ2v) is 6.59. The van der Waals surface area contributed by atoms with E-state index in [9.17, 15) is 4.79 Å². The zero-order valence-corrected chi connectivity index (χ0v) is 16.1. The number of nitrogens with zero attached hydrogens (tertiary/aromatic N) is 1. The minimum atomic E-state index is 0.0833. The van der Waals surface area contributed by atoms with E-state index in [2.05, 4.69) is 41.5 Å². The van der Waals surface area contributed by atoms with Crippen molar-refractivity contribution in [1.29, 1.82) is 0 Å². The number of hydrogen-bond acceptors (Lipinski definition) is 4. The van der Waals surface area contributed by atoms with E-state index in [4.69, 9.17) is 11.6 Å². The van der Waals surface area contributed by atoms with Crippen LogP contribution in [0.3, 0.4) is 0 Å². The molecule has 0 aromatic carbocycles. The van der Waals surface area contributed by atoms with Crippen LogP contribution in [-0.2, 0) is 4.79 Å². The van der Waals surface area contributed by atoms with Crippen molar-refractivity contribution in [1.82, 2.24) is 21.1 Å². The van der Waals surface area contributed by atoms with E-state index in [0.29, 0.717) is 17.5 Å². The van der Waals surface area contributed by atoms with Gasteiger partial charge in [0.25, 0.3) is 0 Å². The molecule has 1 aliphatic heterocycles. The molecule has 0 atom stereocenters. The Morgan fingerprint density at radius 2 is 1.96 bits per heavy atom. The Bertz CT molecular complexity index is 505. The fourth-order valence-electron chi connectivity index (χ4n) is 3.28. The Balaban J connectivity index is 2.85. The van der Waals surface area contributed by atoms with E-state index < -0.39 is 0 Å². The van der Waals surface area contributed by atoms with Crippen molar-refractivity contribution < 1.29 is 4.79 Å². The summed E-state index contributed by atoms with van der Waals surface area (Å²) in [4.78, 5) is 13.7. The molecule has 1 saturated heterocycles. The zero-order valence-electron chi connectivity index (χ0n) is 15.3. The fraction of sp³-hybridized carbons (Fsp3) is 0.611. The van der Waals surface area contributed by atoms with Gasteiger partial charge in [-0.15, -0.1) is 0 Å². The fourth-order valence-corrected chi connectivity index (χ4v) is 3.39. The van der Waals surface area contributed by atoms with Gasteiger partial charge < -0.3 is 10.7 Å². The number of allylic oxidation sites excluding steroid dienone is 4. The first-order valence-electron chi connectivity index (χ1n) is 8.54. The first-order chi connectivity index (χ1) is 11.4. The number of likely N-dealkylation sites (N-methyl/N-ethyl adjacent to an activating group) is 1. The molecule has 0 spiro atoms. The number of nitrogens with one attached hydrogen (secondary N) is 3. The van der Waals surface area contributed by atoms with Gasteiger partial charge in [0.05, 0.1) is 12.2 Å². The van der Waals surface area contributed by atoms with Gasteiger partial charge in [0.15, 0.2) is 0 Å². The maximum atomic E-state index is 11.5. The van der Waals surface area contributed by atoms with Gasteiger partial charge in [0.1, 0.15) is 0 Å². The van der Waals surface area contributed by atoms with Crippen molar-refractivity contribution in [3.8, 4) is 0 Å². The molecule has 0 saturated carbocycles. The Morgan fingerprint density at radius 3 is 2.42 bits per heavy atom. The quantitative estimate of drug-likeness (QED) is 0.463. The lowest BCUT2D eigenvalue weighted by Crippen LogP contribution is -2.41. The Morgan fingerprint density at radius 1 is 1.33 bits per heavy atom. The lowest BCUT2D eigenvalue weighted by atomic mass is 9.84. The molecule has 0 aliphatic carbocycles. The molecule has 0 bridgehead atoms. The minimum Gasteiger partial charge on any atom is -0.358 e. The van der Waals surface area contributed by atoms with Crippen molar-refractivity contribution in [3.05, 3.63) is 34.5 Å². The van der Waals surface area contributed by atoms with Crippen molar-refractivity contribution in [2.24, 2.45) is 5.92 Å². The molecule has 1 amide bonds. The van der Waals surface area contributed by atoms with Gasteiger partial charge in [-0.05, 0) is 56.8 Å². The highest BCUT2D eigenvalue weighted by molar-refractivity contribution is 6.30. The molecule has 6 heteroatoms. The van der Waals surface area contributed by atoms with Crippen LogP contribution in [0.2, 0.25) is 0 Å². The summed E-state index contributed by atoms with van der Waals surface area (Å²) >= 11 is 5.96. The summed E-state index contributed by atoms with van der Waals surface area (Å²) in [5.41, 5.74) is 9.75. The molecule has 1 aliphatic rings. The van der Waals surface area contributed by atoms with E-state index >= 15 is 0 Å². The maximum absolute atomic E-state index is 11.5. The van der Waals surface area contributed by atoms with Crippen molar-refractivity contribution in [3.63, 3.8) is 0 Å². The molecule has 0 radical (unpaired) electrons. The summed E-state index contributed by atoms with van der Waals surface area (Å²) in [5, 5.41) is 3.19. The van der Waals surface area contributed by atoms with E-state index in [-0.39, 0.29) is 5.91 Å². The average Bonchev–Trinajstić information content (AvgIpc) is 2.56. The molecule has 0 aromatic rings. The minimum absolute atomic E-state index is 0.0833. The standard InChI is InChI=1S/C18H31ClN4O/c1-6-16(14(3)17(22-21-5)11-13(2)19)15-7-9-23(10-8-15)12-18(24)20-4/h11,15,21-22H,2,6-10,12H2,1,3-5H3,(H,20,24)/b16-14+,17-11+. The van der Waals surface area contributed by atoms with E-state index in [1.165, 1.54) is 11.1 Å². The van der Waals surface area contributed by atoms with Crippen LogP contribution in [0, 0.1) is 5.92 Å². The van der Waals surface area contributed by atoms with Gasteiger partial charge in [-0.1, -0.05) is 30.7 Å². The summed E-state index contributed by atoms with van der Waals surface area (Å²) in [6.45, 7) is 10.5. The molecule has 24 heavy (non-hydrogen) atoms. The highest BCUT2D eigenvalue weighted by Crippen LogP contribution is 2.31. The van der Waals surface area contributed by atoms with E-state index in [1.807, 2.05) is 13.1 Å². The van der Waals surface area contributed by atoms with Gasteiger partial charge in [0.2, 0.25) is 5.91 Å². The molecule has 0 aromatic heterocycles. The molecular weight excluding hydrogens is 324 g/mol. The van der Waals surface area contributed by atoms with Crippen LogP contribution in [0.4, 0.5) is 0 Å². The highest BCUT2D eigenvalue weighted by atomic mass is 35.5. The van der Waals surface area contributed by atoms with Crippen LogP contribution < -0.4 is 16.2 Å². The smallest absolute Gasteiger partial charge is 0.233 e. The molecule has 1 fully saturated rings. The van der Waals surface area contributed by atoms with Crippen molar-refractivity contribution in [2.45, 2.75) is 33.1 Å². The van der Waals surface area contributed by atoms with Gasteiger partial charge >= 0.3 is 0 Å². The predicted octanol–water partition coefficient (Wildman–Crippen LogP) is 2.53. The van der Waals surface area contributed by atoms with Gasteiger partial charge in [-0.3, -0.25) is 9.69 Å². The lowest BCUT2D eigenvalue weighted by molar-refractivity contribution is -0.122. The molecule has 3 N–H and O–H groups in total. The van der Waals surface area contributed by atoms with Gasteiger partial charge in [-0.25, -0.2) is 5.43 Å². The summed E-state index contributed by atoms with van der Waals surface area (Å²) < 4.78 is 0. The number of likely N-dealkylation sites (tertiary alicyclic amines) is 1. The highest BCUT2D eigenvalue weighted by Gasteiger charge is 2.24. The second-order valence-electron chi connectivity index (χ2n) is 6.11. The third-order valence-electron chi connectivity index (χ3n) is 4.55. The first-order valence-corrected chi connectivity index (χ1v) is 8.92. The average molecular weight is 355 g/mol. The third kappa shape index (κ3) is 6.30. The zero-order chi connectivity index (χ0) is 18.1. The Hall–Kier alpha value is -1.30. The largest absolute Gasteiger partial charge is 0.358 e. The van der Waals surface area contributed by atoms with Crippen LogP contribution >= 0.6 is 11.6 Å². The summed E-state index contributed by atoms with van der Waals surface area (Å²) in [6.07, 6.45) is 5.01. The number of hydrogen-bond donors (Lipinski definition) is 3. The number of rotatable bonds is 8. The number of carbonyl (C=O) groups excluding carboxylic acids is 1. The third-order valence-corrected chi connectivity index (χ3v) is 4.66. The molecule has 5 nitrogen and oxygen atoms in total. The van der Waals surface area contributed by atoms with Crippen LogP contribution in [0.1, 0.15) is 33.1 Å². The molecular formula is C18H31ClN4O. The van der Waals surface area contributed by atoms with Crippen molar-refractivity contribution >= 4 is 17.5 Å². The first kappa shape index (κ1) is 20.7. The summed E-state index contributed by atoms with van der Waals surface area (Å²) in [5.74, 6) is 0.626. The van der Waals surface area contributed by atoms with E-state index in [1.54, 1.807) is 7.05 Å². The Kier molecular flexibility index (Phi) is 9.11. The number of amides is 1. The van der Waals surface area contributed by atoms with Crippen molar-refractivity contribution in [2.75, 3.05) is 33.7 Å². The van der Waals surface area contributed by atoms with Gasteiger partial charge in [-0.2, -0.15) is 0 Å². The van der Waals surface area contributed by atoms with Crippen LogP contribution in [0.15, 0.2) is 34.5 Å². The normalized spacial score (nSPS) is 18.1. The number of carbonyl (C=O) groups is 1. The number of halogens is 1.